The molecular weight excluding hydrogens is 572 g/mol. The average Bonchev–Trinajstić information content (AvgIpc) is 3.09. The summed E-state index contributed by atoms with van der Waals surface area (Å²) < 4.78 is 11.7. The zero-order valence-corrected chi connectivity index (χ0v) is 26.4. The van der Waals surface area contributed by atoms with Gasteiger partial charge < -0.3 is 20.1 Å². The van der Waals surface area contributed by atoms with Crippen LogP contribution in [-0.4, -0.2) is 25.5 Å². The first-order valence-electron chi connectivity index (χ1n) is 15.6. The lowest BCUT2D eigenvalue weighted by atomic mass is 9.89. The number of hydrogen-bond acceptors (Lipinski definition) is 4. The van der Waals surface area contributed by atoms with Crippen LogP contribution in [-0.2, 0) is 9.59 Å². The molecule has 0 saturated heterocycles. The fraction of sp³-hybridized carbons (Fsp3) is 0.200. The predicted octanol–water partition coefficient (Wildman–Crippen LogP) is 7.63. The van der Waals surface area contributed by atoms with E-state index in [9.17, 15) is 9.59 Å². The molecule has 5 rings (SSSR count). The molecule has 0 spiro atoms. The first-order valence-corrected chi connectivity index (χ1v) is 15.6. The highest BCUT2D eigenvalue weighted by Gasteiger charge is 2.30. The minimum absolute atomic E-state index is 0.252. The van der Waals surface area contributed by atoms with Crippen molar-refractivity contribution in [3.05, 3.63) is 167 Å². The van der Waals surface area contributed by atoms with Gasteiger partial charge in [-0.3, -0.25) is 9.59 Å². The predicted molar refractivity (Wildman–Crippen MR) is 182 cm³/mol. The van der Waals surface area contributed by atoms with Crippen molar-refractivity contribution in [3.63, 3.8) is 0 Å². The monoisotopic (exact) mass is 612 g/mol. The molecule has 0 heterocycles. The molecule has 5 aromatic carbocycles. The van der Waals surface area contributed by atoms with Gasteiger partial charge in [-0.1, -0.05) is 141 Å². The molecule has 6 nitrogen and oxygen atoms in total. The highest BCUT2D eigenvalue weighted by Crippen LogP contribution is 2.33. The molecule has 6 heteroatoms. The van der Waals surface area contributed by atoms with Crippen LogP contribution in [0.1, 0.15) is 59.7 Å². The second-order valence-electron chi connectivity index (χ2n) is 11.6. The van der Waals surface area contributed by atoms with Crippen molar-refractivity contribution in [2.75, 3.05) is 13.7 Å². The Balaban J connectivity index is 1.54. The van der Waals surface area contributed by atoms with E-state index >= 15 is 0 Å². The van der Waals surface area contributed by atoms with Gasteiger partial charge in [0.05, 0.1) is 25.6 Å². The van der Waals surface area contributed by atoms with Crippen molar-refractivity contribution in [2.45, 2.75) is 31.8 Å². The average molecular weight is 613 g/mol. The van der Waals surface area contributed by atoms with Gasteiger partial charge in [0.2, 0.25) is 11.8 Å². The van der Waals surface area contributed by atoms with Crippen molar-refractivity contribution in [1.29, 1.82) is 0 Å². The fourth-order valence-electron chi connectivity index (χ4n) is 5.47. The highest BCUT2D eigenvalue weighted by molar-refractivity contribution is 5.90. The van der Waals surface area contributed by atoms with Crippen LogP contribution >= 0.6 is 0 Å². The fourth-order valence-corrected chi connectivity index (χ4v) is 5.47. The van der Waals surface area contributed by atoms with E-state index < -0.39 is 18.0 Å². The van der Waals surface area contributed by atoms with Crippen molar-refractivity contribution < 1.29 is 19.1 Å². The number of carbonyl (C=O) groups excluding carboxylic acids is 2. The zero-order chi connectivity index (χ0) is 32.3. The van der Waals surface area contributed by atoms with Crippen LogP contribution in [0.15, 0.2) is 140 Å². The number of nitrogens with one attached hydrogen (secondary N) is 2. The van der Waals surface area contributed by atoms with E-state index in [2.05, 4.69) is 24.5 Å². The smallest absolute Gasteiger partial charge is 0.233 e. The van der Waals surface area contributed by atoms with Crippen LogP contribution in [0.4, 0.5) is 0 Å². The Labute approximate surface area is 271 Å². The topological polar surface area (TPSA) is 76.7 Å². The van der Waals surface area contributed by atoms with Crippen molar-refractivity contribution in [1.82, 2.24) is 10.6 Å². The van der Waals surface area contributed by atoms with Gasteiger partial charge in [0.25, 0.3) is 0 Å². The minimum Gasteiger partial charge on any atom is -0.493 e. The normalized spacial score (nSPS) is 11.1. The summed E-state index contributed by atoms with van der Waals surface area (Å²) in [5, 5.41) is 6.35. The molecule has 0 aliphatic heterocycles. The largest absolute Gasteiger partial charge is 0.493 e. The molecule has 0 aromatic heterocycles. The maximum atomic E-state index is 14.3. The zero-order valence-electron chi connectivity index (χ0n) is 26.4. The van der Waals surface area contributed by atoms with E-state index in [1.54, 1.807) is 13.2 Å². The standard InChI is InChI=1S/C40H40N2O4/c1-28(2)27-46-34-25-24-33(26-35(34)45-3)38(41-39(43)36(29-16-8-4-9-17-29)30-18-10-5-11-19-30)42-40(44)37(31-20-12-6-13-21-31)32-22-14-7-15-23-32/h4-26,28,36-38H,27H2,1-3H3,(H,41,43)(H,42,44). The molecule has 2 amide bonds. The van der Waals surface area contributed by atoms with Crippen molar-refractivity contribution in [3.8, 4) is 11.5 Å². The van der Waals surface area contributed by atoms with E-state index in [4.69, 9.17) is 9.47 Å². The number of amides is 2. The summed E-state index contributed by atoms with van der Waals surface area (Å²) in [4.78, 5) is 28.6. The minimum atomic E-state index is -0.877. The van der Waals surface area contributed by atoms with Crippen LogP contribution < -0.4 is 20.1 Å². The van der Waals surface area contributed by atoms with E-state index in [1.165, 1.54) is 0 Å². The Morgan fingerprint density at radius 3 is 1.28 bits per heavy atom. The van der Waals surface area contributed by atoms with Gasteiger partial charge in [-0.05, 0) is 45.9 Å². The van der Waals surface area contributed by atoms with Crippen molar-refractivity contribution >= 4 is 11.8 Å². The molecule has 0 saturated carbocycles. The molecule has 0 bridgehead atoms. The molecule has 5 aromatic rings. The summed E-state index contributed by atoms with van der Waals surface area (Å²) in [7, 11) is 1.58. The van der Waals surface area contributed by atoms with Crippen LogP contribution in [0.3, 0.4) is 0 Å². The third-order valence-electron chi connectivity index (χ3n) is 7.72. The second-order valence-corrected chi connectivity index (χ2v) is 11.6. The Morgan fingerprint density at radius 2 is 0.935 bits per heavy atom. The van der Waals surface area contributed by atoms with Crippen LogP contribution in [0.5, 0.6) is 11.5 Å². The number of rotatable bonds is 13. The van der Waals surface area contributed by atoms with Gasteiger partial charge in [-0.2, -0.15) is 0 Å². The third kappa shape index (κ3) is 8.02. The Bertz CT molecular complexity index is 1520. The highest BCUT2D eigenvalue weighted by atomic mass is 16.5. The molecule has 46 heavy (non-hydrogen) atoms. The van der Waals surface area contributed by atoms with E-state index in [-0.39, 0.29) is 11.8 Å². The van der Waals surface area contributed by atoms with Gasteiger partial charge in [-0.15, -0.1) is 0 Å². The summed E-state index contributed by atoms with van der Waals surface area (Å²) in [6, 6.07) is 44.1. The molecule has 0 atom stereocenters. The van der Waals surface area contributed by atoms with Crippen LogP contribution in [0.2, 0.25) is 0 Å². The number of methoxy groups -OCH3 is 1. The number of carbonyl (C=O) groups is 2. The maximum absolute atomic E-state index is 14.3. The van der Waals surface area contributed by atoms with Gasteiger partial charge in [0.1, 0.15) is 6.17 Å². The summed E-state index contributed by atoms with van der Waals surface area (Å²) in [6.07, 6.45) is -0.877. The molecule has 0 unspecified atom stereocenters. The molecule has 234 valence electrons. The van der Waals surface area contributed by atoms with Gasteiger partial charge in [0.15, 0.2) is 11.5 Å². The molecule has 0 aliphatic carbocycles. The van der Waals surface area contributed by atoms with Crippen molar-refractivity contribution in [2.24, 2.45) is 5.92 Å². The van der Waals surface area contributed by atoms with E-state index in [0.717, 1.165) is 22.3 Å². The summed E-state index contributed by atoms with van der Waals surface area (Å²) in [6.45, 7) is 4.68. The number of hydrogen-bond donors (Lipinski definition) is 2. The van der Waals surface area contributed by atoms with Gasteiger partial charge in [-0.25, -0.2) is 0 Å². The first-order chi connectivity index (χ1) is 22.4. The molecule has 0 aliphatic rings. The number of benzene rings is 5. The SMILES string of the molecule is COc1cc(C(NC(=O)C(c2ccccc2)c2ccccc2)NC(=O)C(c2ccccc2)c2ccccc2)ccc1OCC(C)C. The third-order valence-corrected chi connectivity index (χ3v) is 7.72. The second kappa shape index (κ2) is 15.6. The molecule has 2 N–H and O–H groups in total. The van der Waals surface area contributed by atoms with Crippen LogP contribution in [0.25, 0.3) is 0 Å². The lowest BCUT2D eigenvalue weighted by molar-refractivity contribution is -0.125. The Kier molecular flexibility index (Phi) is 10.9. The maximum Gasteiger partial charge on any atom is 0.233 e. The van der Waals surface area contributed by atoms with Gasteiger partial charge >= 0.3 is 0 Å². The Morgan fingerprint density at radius 1 is 0.543 bits per heavy atom. The molecule has 0 radical (unpaired) electrons. The summed E-state index contributed by atoms with van der Waals surface area (Å²) in [5.74, 6) is -0.272. The quantitative estimate of drug-likeness (QED) is 0.134. The molecular formula is C40H40N2O4. The summed E-state index contributed by atoms with van der Waals surface area (Å²) in [5.41, 5.74) is 4.03. The van der Waals surface area contributed by atoms with Gasteiger partial charge in [0, 0.05) is 0 Å². The lowest BCUT2D eigenvalue weighted by Gasteiger charge is -2.27. The first kappa shape index (κ1) is 32.0. The summed E-state index contributed by atoms with van der Waals surface area (Å²) >= 11 is 0. The lowest BCUT2D eigenvalue weighted by Crippen LogP contribution is -2.44. The Hall–Kier alpha value is -5.36. The van der Waals surface area contributed by atoms with E-state index in [0.29, 0.717) is 29.6 Å². The number of ether oxygens (including phenoxy) is 2. The van der Waals surface area contributed by atoms with E-state index in [1.807, 2.05) is 133 Å². The van der Waals surface area contributed by atoms with Crippen LogP contribution in [0, 0.1) is 5.92 Å². The molecule has 0 fully saturated rings.